The fourth-order valence-electron chi connectivity index (χ4n) is 2.59. The van der Waals surface area contributed by atoms with Gasteiger partial charge in [-0.1, -0.05) is 6.07 Å². The van der Waals surface area contributed by atoms with E-state index in [2.05, 4.69) is 4.72 Å². The Morgan fingerprint density at radius 3 is 2.52 bits per heavy atom. The lowest BCUT2D eigenvalue weighted by molar-refractivity contribution is -0.137. The molecule has 5 nitrogen and oxygen atoms in total. The Morgan fingerprint density at radius 1 is 1.12 bits per heavy atom. The Hall–Kier alpha value is -2.55. The predicted molar refractivity (Wildman–Crippen MR) is 85.8 cm³/mol. The van der Waals surface area contributed by atoms with Crippen molar-refractivity contribution in [3.8, 4) is 0 Å². The summed E-state index contributed by atoms with van der Waals surface area (Å²) in [6.07, 6.45) is -4.49. The van der Waals surface area contributed by atoms with Gasteiger partial charge in [0.1, 0.15) is 0 Å². The highest BCUT2D eigenvalue weighted by Gasteiger charge is 2.32. The fourth-order valence-corrected chi connectivity index (χ4v) is 3.68. The molecule has 0 saturated heterocycles. The average Bonchev–Trinajstić information content (AvgIpc) is 2.80. The van der Waals surface area contributed by atoms with Gasteiger partial charge in [0, 0.05) is 18.4 Å². The molecule has 1 amide bonds. The molecular weight excluding hydrogens is 357 g/mol. The van der Waals surface area contributed by atoms with E-state index in [4.69, 9.17) is 0 Å². The zero-order valence-electron chi connectivity index (χ0n) is 13.0. The van der Waals surface area contributed by atoms with Gasteiger partial charge in [0.15, 0.2) is 0 Å². The van der Waals surface area contributed by atoms with Crippen molar-refractivity contribution in [1.29, 1.82) is 0 Å². The lowest BCUT2D eigenvalue weighted by Crippen LogP contribution is -2.20. The van der Waals surface area contributed by atoms with Gasteiger partial charge in [-0.25, -0.2) is 8.42 Å². The standard InChI is InChI=1S/C16H13F3N2O3S/c1-21-14-6-5-12(7-10(14)8-15(21)22)20-25(23,24)13-4-2-3-11(9-13)16(17,18)19/h2-7,9,20H,8H2,1H3. The van der Waals surface area contributed by atoms with Crippen LogP contribution in [-0.4, -0.2) is 21.4 Å². The predicted octanol–water partition coefficient (Wildman–Crippen LogP) is 3.03. The molecule has 0 aromatic heterocycles. The van der Waals surface area contributed by atoms with E-state index < -0.39 is 26.7 Å². The van der Waals surface area contributed by atoms with E-state index in [0.717, 1.165) is 18.2 Å². The minimum atomic E-state index is -4.63. The molecule has 3 rings (SSSR count). The van der Waals surface area contributed by atoms with Crippen LogP contribution in [-0.2, 0) is 27.4 Å². The van der Waals surface area contributed by atoms with Crippen molar-refractivity contribution in [1.82, 2.24) is 0 Å². The van der Waals surface area contributed by atoms with Crippen molar-refractivity contribution >= 4 is 27.3 Å². The van der Waals surface area contributed by atoms with Gasteiger partial charge >= 0.3 is 6.18 Å². The van der Waals surface area contributed by atoms with Crippen molar-refractivity contribution in [3.63, 3.8) is 0 Å². The highest BCUT2D eigenvalue weighted by atomic mass is 32.2. The van der Waals surface area contributed by atoms with Crippen LogP contribution in [0.1, 0.15) is 11.1 Å². The number of anilines is 2. The molecule has 132 valence electrons. The number of alkyl halides is 3. The number of halogens is 3. The van der Waals surface area contributed by atoms with E-state index in [0.29, 0.717) is 17.3 Å². The Bertz CT molecular complexity index is 955. The number of sulfonamides is 1. The van der Waals surface area contributed by atoms with Crippen LogP contribution in [0, 0.1) is 0 Å². The second-order valence-electron chi connectivity index (χ2n) is 5.60. The number of likely N-dealkylation sites (N-methyl/N-ethyl adjacent to an activating group) is 1. The van der Waals surface area contributed by atoms with Crippen LogP contribution in [0.5, 0.6) is 0 Å². The third-order valence-corrected chi connectivity index (χ3v) is 5.26. The van der Waals surface area contributed by atoms with Gasteiger partial charge in [-0.15, -0.1) is 0 Å². The van der Waals surface area contributed by atoms with Crippen molar-refractivity contribution < 1.29 is 26.4 Å². The Kier molecular flexibility index (Phi) is 3.98. The first-order chi connectivity index (χ1) is 11.6. The first-order valence-corrected chi connectivity index (χ1v) is 8.66. The molecule has 1 heterocycles. The Balaban J connectivity index is 1.91. The van der Waals surface area contributed by atoms with Crippen LogP contribution >= 0.6 is 0 Å². The number of hydrogen-bond acceptors (Lipinski definition) is 3. The summed E-state index contributed by atoms with van der Waals surface area (Å²) in [7, 11) is -2.58. The van der Waals surface area contributed by atoms with Crippen LogP contribution < -0.4 is 9.62 Å². The van der Waals surface area contributed by atoms with Gasteiger partial charge in [0.25, 0.3) is 10.0 Å². The third-order valence-electron chi connectivity index (χ3n) is 3.88. The highest BCUT2D eigenvalue weighted by Crippen LogP contribution is 2.32. The lowest BCUT2D eigenvalue weighted by atomic mass is 10.1. The molecule has 25 heavy (non-hydrogen) atoms. The van der Waals surface area contributed by atoms with E-state index in [1.807, 2.05) is 0 Å². The number of hydrogen-bond donors (Lipinski definition) is 1. The summed E-state index contributed by atoms with van der Waals surface area (Å²) >= 11 is 0. The zero-order valence-corrected chi connectivity index (χ0v) is 13.8. The maximum atomic E-state index is 12.8. The molecule has 1 N–H and O–H groups in total. The molecule has 2 aromatic rings. The average molecular weight is 370 g/mol. The first-order valence-electron chi connectivity index (χ1n) is 7.17. The summed E-state index contributed by atoms with van der Waals surface area (Å²) in [5.41, 5.74) is 0.458. The maximum absolute atomic E-state index is 12.8. The number of fused-ring (bicyclic) bond motifs is 1. The smallest absolute Gasteiger partial charge is 0.315 e. The van der Waals surface area contributed by atoms with Gasteiger partial charge in [-0.05, 0) is 42.0 Å². The molecule has 0 saturated carbocycles. The largest absolute Gasteiger partial charge is 0.416 e. The number of carbonyl (C=O) groups is 1. The van der Waals surface area contributed by atoms with Gasteiger partial charge in [-0.3, -0.25) is 9.52 Å². The summed E-state index contributed by atoms with van der Waals surface area (Å²) in [4.78, 5) is 12.6. The summed E-state index contributed by atoms with van der Waals surface area (Å²) in [6.45, 7) is 0. The van der Waals surface area contributed by atoms with Crippen LogP contribution in [0.25, 0.3) is 0 Å². The number of nitrogens with zero attached hydrogens (tertiary/aromatic N) is 1. The monoisotopic (exact) mass is 370 g/mol. The van der Waals surface area contributed by atoms with Crippen LogP contribution in [0.4, 0.5) is 24.5 Å². The van der Waals surface area contributed by atoms with E-state index in [1.54, 1.807) is 13.1 Å². The molecule has 9 heteroatoms. The Morgan fingerprint density at radius 2 is 1.84 bits per heavy atom. The second kappa shape index (κ2) is 5.76. The molecule has 0 aliphatic carbocycles. The first kappa shape index (κ1) is 17.3. The van der Waals surface area contributed by atoms with Crippen molar-refractivity contribution in [2.75, 3.05) is 16.7 Å². The molecule has 1 aliphatic rings. The second-order valence-corrected chi connectivity index (χ2v) is 7.29. The molecule has 0 unspecified atom stereocenters. The maximum Gasteiger partial charge on any atom is 0.416 e. The summed E-state index contributed by atoms with van der Waals surface area (Å²) in [6, 6.07) is 8.05. The molecular formula is C16H13F3N2O3S. The van der Waals surface area contributed by atoms with Crippen molar-refractivity contribution in [2.24, 2.45) is 0 Å². The molecule has 0 fully saturated rings. The van der Waals surface area contributed by atoms with Crippen LogP contribution in [0.15, 0.2) is 47.4 Å². The minimum Gasteiger partial charge on any atom is -0.315 e. The zero-order chi connectivity index (χ0) is 18.4. The molecule has 1 aliphatic heterocycles. The number of nitrogens with one attached hydrogen (secondary N) is 1. The number of benzene rings is 2. The van der Waals surface area contributed by atoms with Crippen molar-refractivity contribution in [3.05, 3.63) is 53.6 Å². The van der Waals surface area contributed by atoms with E-state index in [-0.39, 0.29) is 18.0 Å². The summed E-state index contributed by atoms with van der Waals surface area (Å²) < 4.78 is 65.2. The fraction of sp³-hybridized carbons (Fsp3) is 0.188. The molecule has 0 spiro atoms. The number of carbonyl (C=O) groups excluding carboxylic acids is 1. The highest BCUT2D eigenvalue weighted by molar-refractivity contribution is 7.92. The van der Waals surface area contributed by atoms with E-state index in [9.17, 15) is 26.4 Å². The van der Waals surface area contributed by atoms with Crippen LogP contribution in [0.3, 0.4) is 0 Å². The number of amides is 1. The lowest BCUT2D eigenvalue weighted by Gasteiger charge is -2.13. The van der Waals surface area contributed by atoms with Gasteiger partial charge < -0.3 is 4.90 Å². The van der Waals surface area contributed by atoms with Gasteiger partial charge in [0.2, 0.25) is 5.91 Å². The molecule has 0 atom stereocenters. The molecule has 2 aromatic carbocycles. The summed E-state index contributed by atoms with van der Waals surface area (Å²) in [5.74, 6) is -0.118. The minimum absolute atomic E-state index is 0.118. The normalized spacial score (nSPS) is 14.6. The van der Waals surface area contributed by atoms with Crippen molar-refractivity contribution in [2.45, 2.75) is 17.5 Å². The van der Waals surface area contributed by atoms with E-state index in [1.165, 1.54) is 17.0 Å². The SMILES string of the molecule is CN1C(=O)Cc2cc(NS(=O)(=O)c3cccc(C(F)(F)F)c3)ccc21. The van der Waals surface area contributed by atoms with Crippen LogP contribution in [0.2, 0.25) is 0 Å². The third kappa shape index (κ3) is 3.32. The summed E-state index contributed by atoms with van der Waals surface area (Å²) in [5, 5.41) is 0. The number of rotatable bonds is 3. The van der Waals surface area contributed by atoms with Gasteiger partial charge in [-0.2, -0.15) is 13.2 Å². The quantitative estimate of drug-likeness (QED) is 0.903. The van der Waals surface area contributed by atoms with E-state index >= 15 is 0 Å². The van der Waals surface area contributed by atoms with Gasteiger partial charge in [0.05, 0.1) is 16.9 Å². The molecule has 0 bridgehead atoms. The Labute approximate surface area is 142 Å². The topological polar surface area (TPSA) is 66.5 Å². The molecule has 0 radical (unpaired) electrons.